The molecule has 0 aromatic heterocycles. The third-order valence-corrected chi connectivity index (χ3v) is 2.49. The number of rotatable bonds is 3. The minimum atomic E-state index is -0.771. The van der Waals surface area contributed by atoms with Crippen LogP contribution in [0.4, 0.5) is 10.1 Å². The summed E-state index contributed by atoms with van der Waals surface area (Å²) in [6.07, 6.45) is -0.771. The number of benzene rings is 1. The van der Waals surface area contributed by atoms with Crippen molar-refractivity contribution < 1.29 is 9.31 Å². The molecule has 0 aliphatic carbocycles. The van der Waals surface area contributed by atoms with Gasteiger partial charge in [0.1, 0.15) is 6.17 Å². The van der Waals surface area contributed by atoms with Gasteiger partial charge < -0.3 is 0 Å². The average Bonchev–Trinajstić information content (AvgIpc) is 2.16. The summed E-state index contributed by atoms with van der Waals surface area (Å²) < 4.78 is 12.6. The van der Waals surface area contributed by atoms with Crippen molar-refractivity contribution in [1.82, 2.24) is 4.90 Å². The Morgan fingerprint density at radius 2 is 2.13 bits per heavy atom. The fourth-order valence-corrected chi connectivity index (χ4v) is 1.70. The number of hydrogen-bond donors (Lipinski definition) is 0. The molecule has 0 N–H and O–H groups in total. The standard InChI is InChI=1S/C10H11FN2O2/c11-9-6-12(7-9)5-8-3-1-2-4-10(8)13(14)15/h1-4,9H,5-7H2. The lowest BCUT2D eigenvalue weighted by atomic mass is 10.1. The van der Waals surface area contributed by atoms with Crippen LogP contribution in [0, 0.1) is 10.1 Å². The van der Waals surface area contributed by atoms with E-state index in [1.54, 1.807) is 18.2 Å². The van der Waals surface area contributed by atoms with E-state index in [4.69, 9.17) is 0 Å². The molecule has 1 fully saturated rings. The molecule has 2 rings (SSSR count). The van der Waals surface area contributed by atoms with Crippen LogP contribution in [0.15, 0.2) is 24.3 Å². The second kappa shape index (κ2) is 3.94. The van der Waals surface area contributed by atoms with Crippen LogP contribution in [-0.2, 0) is 6.54 Å². The quantitative estimate of drug-likeness (QED) is 0.564. The van der Waals surface area contributed by atoms with E-state index < -0.39 is 11.1 Å². The number of nitro groups is 1. The minimum Gasteiger partial charge on any atom is -0.293 e. The molecule has 1 aliphatic heterocycles. The Kier molecular flexibility index (Phi) is 2.64. The van der Waals surface area contributed by atoms with Crippen LogP contribution in [-0.4, -0.2) is 29.1 Å². The molecule has 1 aromatic carbocycles. The summed E-state index contributed by atoms with van der Waals surface area (Å²) in [5.41, 5.74) is 0.759. The Balaban J connectivity index is 2.10. The summed E-state index contributed by atoms with van der Waals surface area (Å²) in [4.78, 5) is 12.1. The third-order valence-electron chi connectivity index (χ3n) is 2.49. The molecule has 0 unspecified atom stereocenters. The first kappa shape index (κ1) is 10.0. The molecule has 0 saturated carbocycles. The predicted octanol–water partition coefficient (Wildman–Crippen LogP) is 1.75. The number of para-hydroxylation sites is 1. The molecule has 1 aliphatic rings. The number of nitrogens with zero attached hydrogens (tertiary/aromatic N) is 2. The van der Waals surface area contributed by atoms with Gasteiger partial charge in [-0.1, -0.05) is 18.2 Å². The van der Waals surface area contributed by atoms with Crippen molar-refractivity contribution in [3.05, 3.63) is 39.9 Å². The van der Waals surface area contributed by atoms with E-state index in [0.717, 1.165) is 0 Å². The van der Waals surface area contributed by atoms with E-state index in [2.05, 4.69) is 0 Å². The van der Waals surface area contributed by atoms with Gasteiger partial charge in [-0.15, -0.1) is 0 Å². The molecule has 15 heavy (non-hydrogen) atoms. The smallest absolute Gasteiger partial charge is 0.273 e. The predicted molar refractivity (Wildman–Crippen MR) is 53.3 cm³/mol. The number of likely N-dealkylation sites (tertiary alicyclic amines) is 1. The molecule has 1 saturated heterocycles. The van der Waals surface area contributed by atoms with Gasteiger partial charge in [0.05, 0.1) is 4.92 Å². The first-order valence-corrected chi connectivity index (χ1v) is 4.75. The molecular formula is C10H11FN2O2. The lowest BCUT2D eigenvalue weighted by Gasteiger charge is -2.33. The van der Waals surface area contributed by atoms with Gasteiger partial charge in [0.2, 0.25) is 0 Å². The van der Waals surface area contributed by atoms with Crippen molar-refractivity contribution in [2.24, 2.45) is 0 Å². The van der Waals surface area contributed by atoms with Crippen molar-refractivity contribution in [3.8, 4) is 0 Å². The van der Waals surface area contributed by atoms with E-state index in [1.807, 2.05) is 4.90 Å². The van der Waals surface area contributed by atoms with Crippen LogP contribution >= 0.6 is 0 Å². The highest BCUT2D eigenvalue weighted by Crippen LogP contribution is 2.22. The number of halogens is 1. The van der Waals surface area contributed by atoms with Gasteiger partial charge in [-0.25, -0.2) is 4.39 Å². The van der Waals surface area contributed by atoms with Gasteiger partial charge in [-0.2, -0.15) is 0 Å². The molecule has 0 bridgehead atoms. The SMILES string of the molecule is O=[N+]([O-])c1ccccc1CN1CC(F)C1. The molecule has 1 heterocycles. The highest BCUT2D eigenvalue weighted by atomic mass is 19.1. The molecular weight excluding hydrogens is 199 g/mol. The van der Waals surface area contributed by atoms with E-state index in [0.29, 0.717) is 25.2 Å². The highest BCUT2D eigenvalue weighted by molar-refractivity contribution is 5.39. The lowest BCUT2D eigenvalue weighted by molar-refractivity contribution is -0.385. The van der Waals surface area contributed by atoms with E-state index >= 15 is 0 Å². The van der Waals surface area contributed by atoms with Crippen LogP contribution in [0.1, 0.15) is 5.56 Å². The second-order valence-corrected chi connectivity index (χ2v) is 3.68. The Morgan fingerprint density at radius 3 is 2.73 bits per heavy atom. The monoisotopic (exact) mass is 210 g/mol. The first-order chi connectivity index (χ1) is 7.16. The molecule has 0 spiro atoms. The average molecular weight is 210 g/mol. The fourth-order valence-electron chi connectivity index (χ4n) is 1.70. The topological polar surface area (TPSA) is 46.4 Å². The summed E-state index contributed by atoms with van der Waals surface area (Å²) in [5, 5.41) is 10.7. The molecule has 0 amide bonds. The van der Waals surface area contributed by atoms with E-state index in [-0.39, 0.29) is 5.69 Å². The van der Waals surface area contributed by atoms with Crippen molar-refractivity contribution >= 4 is 5.69 Å². The van der Waals surface area contributed by atoms with Gasteiger partial charge in [0.15, 0.2) is 0 Å². The fraction of sp³-hybridized carbons (Fsp3) is 0.400. The zero-order chi connectivity index (χ0) is 10.8. The van der Waals surface area contributed by atoms with Gasteiger partial charge in [-0.3, -0.25) is 15.0 Å². The number of alkyl halides is 1. The first-order valence-electron chi connectivity index (χ1n) is 4.75. The summed E-state index contributed by atoms with van der Waals surface area (Å²) in [6, 6.07) is 6.58. The summed E-state index contributed by atoms with van der Waals surface area (Å²) in [7, 11) is 0. The molecule has 0 radical (unpaired) electrons. The zero-order valence-electron chi connectivity index (χ0n) is 8.10. The normalized spacial score (nSPS) is 17.4. The van der Waals surface area contributed by atoms with Crippen LogP contribution in [0.5, 0.6) is 0 Å². The zero-order valence-corrected chi connectivity index (χ0v) is 8.10. The van der Waals surface area contributed by atoms with Gasteiger partial charge in [0, 0.05) is 31.3 Å². The maximum absolute atomic E-state index is 12.6. The molecule has 4 nitrogen and oxygen atoms in total. The Bertz CT molecular complexity index is 377. The number of nitro benzene ring substituents is 1. The molecule has 5 heteroatoms. The molecule has 1 aromatic rings. The van der Waals surface area contributed by atoms with Gasteiger partial charge in [0.25, 0.3) is 5.69 Å². The van der Waals surface area contributed by atoms with Gasteiger partial charge >= 0.3 is 0 Å². The summed E-state index contributed by atoms with van der Waals surface area (Å²) >= 11 is 0. The van der Waals surface area contributed by atoms with Crippen LogP contribution in [0.25, 0.3) is 0 Å². The lowest BCUT2D eigenvalue weighted by Crippen LogP contribution is -2.47. The third kappa shape index (κ3) is 2.12. The summed E-state index contributed by atoms with van der Waals surface area (Å²) in [6.45, 7) is 1.22. The van der Waals surface area contributed by atoms with Crippen molar-refractivity contribution in [1.29, 1.82) is 0 Å². The van der Waals surface area contributed by atoms with Crippen molar-refractivity contribution in [2.75, 3.05) is 13.1 Å². The highest BCUT2D eigenvalue weighted by Gasteiger charge is 2.27. The van der Waals surface area contributed by atoms with Crippen LogP contribution in [0.3, 0.4) is 0 Å². The van der Waals surface area contributed by atoms with Crippen molar-refractivity contribution in [3.63, 3.8) is 0 Å². The van der Waals surface area contributed by atoms with E-state index in [9.17, 15) is 14.5 Å². The maximum Gasteiger partial charge on any atom is 0.273 e. The maximum atomic E-state index is 12.6. The summed E-state index contributed by atoms with van der Waals surface area (Å²) in [5.74, 6) is 0. The van der Waals surface area contributed by atoms with Crippen LogP contribution in [0.2, 0.25) is 0 Å². The largest absolute Gasteiger partial charge is 0.293 e. The second-order valence-electron chi connectivity index (χ2n) is 3.68. The molecule has 80 valence electrons. The Labute approximate surface area is 86.5 Å². The minimum absolute atomic E-state index is 0.111. The van der Waals surface area contributed by atoms with E-state index in [1.165, 1.54) is 6.07 Å². The Hall–Kier alpha value is -1.49. The van der Waals surface area contributed by atoms with Crippen molar-refractivity contribution in [2.45, 2.75) is 12.7 Å². The Morgan fingerprint density at radius 1 is 1.47 bits per heavy atom. The molecule has 0 atom stereocenters. The number of hydrogen-bond acceptors (Lipinski definition) is 3. The van der Waals surface area contributed by atoms with Gasteiger partial charge in [-0.05, 0) is 0 Å². The van der Waals surface area contributed by atoms with Crippen LogP contribution < -0.4 is 0 Å².